The van der Waals surface area contributed by atoms with Crippen LogP contribution in [-0.2, 0) is 0 Å². The first-order chi connectivity index (χ1) is 9.60. The van der Waals surface area contributed by atoms with E-state index in [-0.39, 0.29) is 0 Å². The van der Waals surface area contributed by atoms with Gasteiger partial charge in [-0.2, -0.15) is 0 Å². The van der Waals surface area contributed by atoms with Gasteiger partial charge in [0.1, 0.15) is 0 Å². The van der Waals surface area contributed by atoms with Crippen molar-refractivity contribution in [1.82, 2.24) is 5.32 Å². The second kappa shape index (κ2) is 6.75. The van der Waals surface area contributed by atoms with Crippen molar-refractivity contribution >= 4 is 11.7 Å². The summed E-state index contributed by atoms with van der Waals surface area (Å²) in [5.74, 6) is 0.813. The SMILES string of the molecule is CCC1CCCC1NC(C)c1ccc(NC(N)=O)cc1. The predicted molar refractivity (Wildman–Crippen MR) is 82.6 cm³/mol. The molecule has 4 nitrogen and oxygen atoms in total. The molecule has 1 saturated carbocycles. The average Bonchev–Trinajstić information content (AvgIpc) is 2.86. The van der Waals surface area contributed by atoms with Gasteiger partial charge in [-0.1, -0.05) is 31.9 Å². The van der Waals surface area contributed by atoms with E-state index >= 15 is 0 Å². The summed E-state index contributed by atoms with van der Waals surface area (Å²) in [6.45, 7) is 4.47. The van der Waals surface area contributed by atoms with Crippen LogP contribution in [0.2, 0.25) is 0 Å². The maximum absolute atomic E-state index is 10.8. The number of benzene rings is 1. The summed E-state index contributed by atoms with van der Waals surface area (Å²) in [5, 5.41) is 6.32. The van der Waals surface area contributed by atoms with Crippen molar-refractivity contribution in [3.63, 3.8) is 0 Å². The van der Waals surface area contributed by atoms with Crippen LogP contribution in [0, 0.1) is 5.92 Å². The minimum atomic E-state index is -0.527. The van der Waals surface area contributed by atoms with E-state index in [9.17, 15) is 4.79 Å². The number of carbonyl (C=O) groups is 1. The molecule has 0 heterocycles. The van der Waals surface area contributed by atoms with Gasteiger partial charge >= 0.3 is 6.03 Å². The quantitative estimate of drug-likeness (QED) is 0.771. The van der Waals surface area contributed by atoms with Crippen molar-refractivity contribution < 1.29 is 4.79 Å². The highest BCUT2D eigenvalue weighted by atomic mass is 16.2. The van der Waals surface area contributed by atoms with Gasteiger partial charge in [-0.3, -0.25) is 0 Å². The molecule has 2 amide bonds. The Morgan fingerprint density at radius 1 is 1.35 bits per heavy atom. The van der Waals surface area contributed by atoms with Crippen LogP contribution >= 0.6 is 0 Å². The zero-order valence-corrected chi connectivity index (χ0v) is 12.4. The van der Waals surface area contributed by atoms with Crippen LogP contribution in [0.5, 0.6) is 0 Å². The van der Waals surface area contributed by atoms with E-state index in [0.29, 0.717) is 12.1 Å². The lowest BCUT2D eigenvalue weighted by molar-refractivity contribution is 0.259. The first kappa shape index (κ1) is 14.9. The molecule has 0 spiro atoms. The molecule has 1 fully saturated rings. The summed E-state index contributed by atoms with van der Waals surface area (Å²) < 4.78 is 0. The molecule has 110 valence electrons. The van der Waals surface area contributed by atoms with Crippen molar-refractivity contribution in [2.75, 3.05) is 5.32 Å². The van der Waals surface area contributed by atoms with Gasteiger partial charge in [0, 0.05) is 17.8 Å². The zero-order chi connectivity index (χ0) is 14.5. The second-order valence-corrected chi connectivity index (χ2v) is 5.71. The first-order valence-electron chi connectivity index (χ1n) is 7.52. The lowest BCUT2D eigenvalue weighted by Crippen LogP contribution is -2.34. The molecule has 4 heteroatoms. The van der Waals surface area contributed by atoms with Crippen LogP contribution in [0.1, 0.15) is 51.1 Å². The Kier molecular flexibility index (Phi) is 5.01. The summed E-state index contributed by atoms with van der Waals surface area (Å²) in [7, 11) is 0. The number of amides is 2. The van der Waals surface area contributed by atoms with E-state index in [4.69, 9.17) is 5.73 Å². The smallest absolute Gasteiger partial charge is 0.316 e. The third-order valence-electron chi connectivity index (χ3n) is 4.33. The molecule has 20 heavy (non-hydrogen) atoms. The zero-order valence-electron chi connectivity index (χ0n) is 12.4. The Balaban J connectivity index is 1.95. The van der Waals surface area contributed by atoms with Gasteiger partial charge in [0.2, 0.25) is 0 Å². The summed E-state index contributed by atoms with van der Waals surface area (Å²) in [6, 6.07) is 8.31. The molecule has 1 aromatic rings. The van der Waals surface area contributed by atoms with E-state index in [1.165, 1.54) is 31.2 Å². The molecule has 0 aliphatic heterocycles. The number of primary amides is 1. The molecule has 0 aromatic heterocycles. The average molecular weight is 275 g/mol. The highest BCUT2D eigenvalue weighted by molar-refractivity contribution is 5.87. The number of anilines is 1. The monoisotopic (exact) mass is 275 g/mol. The largest absolute Gasteiger partial charge is 0.351 e. The van der Waals surface area contributed by atoms with E-state index in [2.05, 4.69) is 24.5 Å². The van der Waals surface area contributed by atoms with Gasteiger partial charge in [0.15, 0.2) is 0 Å². The maximum atomic E-state index is 10.8. The highest BCUT2D eigenvalue weighted by Crippen LogP contribution is 2.30. The fourth-order valence-electron chi connectivity index (χ4n) is 3.16. The summed E-state index contributed by atoms with van der Waals surface area (Å²) in [4.78, 5) is 10.8. The van der Waals surface area contributed by atoms with Crippen molar-refractivity contribution in [2.45, 2.75) is 51.6 Å². The molecule has 1 aliphatic rings. The molecule has 0 saturated heterocycles. The third-order valence-corrected chi connectivity index (χ3v) is 4.33. The predicted octanol–water partition coefficient (Wildman–Crippen LogP) is 3.41. The summed E-state index contributed by atoms with van der Waals surface area (Å²) >= 11 is 0. The van der Waals surface area contributed by atoms with Crippen LogP contribution in [0.25, 0.3) is 0 Å². The van der Waals surface area contributed by atoms with Gasteiger partial charge < -0.3 is 16.4 Å². The van der Waals surface area contributed by atoms with Gasteiger partial charge in [-0.15, -0.1) is 0 Å². The fourth-order valence-corrected chi connectivity index (χ4v) is 3.16. The molecule has 3 unspecified atom stereocenters. The van der Waals surface area contributed by atoms with Crippen LogP contribution in [0.4, 0.5) is 10.5 Å². The van der Waals surface area contributed by atoms with Crippen LogP contribution in [0.15, 0.2) is 24.3 Å². The number of carbonyl (C=O) groups excluding carboxylic acids is 1. The number of rotatable bonds is 5. The minimum Gasteiger partial charge on any atom is -0.351 e. The van der Waals surface area contributed by atoms with E-state index in [0.717, 1.165) is 11.6 Å². The molecule has 0 radical (unpaired) electrons. The minimum absolute atomic E-state index is 0.328. The summed E-state index contributed by atoms with van der Waals surface area (Å²) in [6.07, 6.45) is 5.22. The van der Waals surface area contributed by atoms with Crippen LogP contribution in [-0.4, -0.2) is 12.1 Å². The topological polar surface area (TPSA) is 67.2 Å². The number of hydrogen-bond acceptors (Lipinski definition) is 2. The number of nitrogens with two attached hydrogens (primary N) is 1. The van der Waals surface area contributed by atoms with Gasteiger partial charge in [0.05, 0.1) is 0 Å². The van der Waals surface area contributed by atoms with Gasteiger partial charge in [-0.05, 0) is 43.4 Å². The molecule has 2 rings (SSSR count). The number of nitrogens with one attached hydrogen (secondary N) is 2. The Hall–Kier alpha value is -1.55. The molecule has 3 atom stereocenters. The third kappa shape index (κ3) is 3.73. The van der Waals surface area contributed by atoms with E-state index in [1.54, 1.807) is 0 Å². The Bertz CT molecular complexity index is 444. The van der Waals surface area contributed by atoms with Crippen molar-refractivity contribution in [1.29, 1.82) is 0 Å². The Morgan fingerprint density at radius 3 is 2.65 bits per heavy atom. The number of hydrogen-bond donors (Lipinski definition) is 3. The lowest BCUT2D eigenvalue weighted by Gasteiger charge is -2.24. The highest BCUT2D eigenvalue weighted by Gasteiger charge is 2.26. The van der Waals surface area contributed by atoms with E-state index < -0.39 is 6.03 Å². The maximum Gasteiger partial charge on any atom is 0.316 e. The first-order valence-corrected chi connectivity index (χ1v) is 7.52. The molecular formula is C16H25N3O. The Morgan fingerprint density at radius 2 is 2.05 bits per heavy atom. The van der Waals surface area contributed by atoms with Crippen molar-refractivity contribution in [3.05, 3.63) is 29.8 Å². The molecule has 1 aliphatic carbocycles. The molecule has 0 bridgehead atoms. The van der Waals surface area contributed by atoms with E-state index in [1.807, 2.05) is 24.3 Å². The molecule has 1 aromatic carbocycles. The molecular weight excluding hydrogens is 250 g/mol. The molecule has 4 N–H and O–H groups in total. The van der Waals surface area contributed by atoms with Crippen molar-refractivity contribution in [2.24, 2.45) is 11.7 Å². The number of urea groups is 1. The second-order valence-electron chi connectivity index (χ2n) is 5.71. The Labute approximate surface area is 121 Å². The summed E-state index contributed by atoms with van der Waals surface area (Å²) in [5.41, 5.74) is 7.07. The standard InChI is InChI=1S/C16H25N3O/c1-3-12-5-4-6-15(12)18-11(2)13-7-9-14(10-8-13)19-16(17)20/h7-12,15,18H,3-6H2,1-2H3,(H3,17,19,20). The van der Waals surface area contributed by atoms with Gasteiger partial charge in [-0.25, -0.2) is 4.79 Å². The van der Waals surface area contributed by atoms with Crippen LogP contribution in [0.3, 0.4) is 0 Å². The lowest BCUT2D eigenvalue weighted by atomic mass is 9.98. The normalized spacial score (nSPS) is 23.5. The van der Waals surface area contributed by atoms with Gasteiger partial charge in [0.25, 0.3) is 0 Å². The van der Waals surface area contributed by atoms with Crippen molar-refractivity contribution in [3.8, 4) is 0 Å². The van der Waals surface area contributed by atoms with Crippen LogP contribution < -0.4 is 16.4 Å². The fraction of sp³-hybridized carbons (Fsp3) is 0.562.